The van der Waals surface area contributed by atoms with E-state index in [0.29, 0.717) is 11.7 Å². The zero-order chi connectivity index (χ0) is 14.1. The van der Waals surface area contributed by atoms with Crippen molar-refractivity contribution in [1.29, 1.82) is 0 Å². The molecule has 0 atom stereocenters. The smallest absolute Gasteiger partial charge is 0.261 e. The lowest BCUT2D eigenvalue weighted by Gasteiger charge is -1.99. The van der Waals surface area contributed by atoms with Crippen LogP contribution >= 0.6 is 0 Å². The van der Waals surface area contributed by atoms with Crippen LogP contribution < -0.4 is 0 Å². The van der Waals surface area contributed by atoms with Gasteiger partial charge in [0.25, 0.3) is 5.89 Å². The molecule has 20 heavy (non-hydrogen) atoms. The van der Waals surface area contributed by atoms with Crippen molar-refractivity contribution in [3.63, 3.8) is 0 Å². The van der Waals surface area contributed by atoms with E-state index in [2.05, 4.69) is 20.1 Å². The van der Waals surface area contributed by atoms with E-state index >= 15 is 0 Å². The molecule has 0 saturated carbocycles. The number of aryl methyl sites for hydroxylation is 3. The van der Waals surface area contributed by atoms with Gasteiger partial charge in [0, 0.05) is 11.8 Å². The predicted octanol–water partition coefficient (Wildman–Crippen LogP) is 3.12. The van der Waals surface area contributed by atoms with Crippen LogP contribution in [0.15, 0.2) is 35.0 Å². The molecule has 5 heteroatoms. The molecule has 0 N–H and O–H groups in total. The molecule has 1 aromatic carbocycles. The molecule has 100 valence electrons. The number of rotatable bonds is 2. The van der Waals surface area contributed by atoms with Crippen molar-refractivity contribution in [2.45, 2.75) is 20.8 Å². The van der Waals surface area contributed by atoms with Crippen LogP contribution in [0.4, 0.5) is 0 Å². The summed E-state index contributed by atoms with van der Waals surface area (Å²) in [5.74, 6) is 1.74. The molecule has 0 fully saturated rings. The highest BCUT2D eigenvalue weighted by Crippen LogP contribution is 2.23. The van der Waals surface area contributed by atoms with Crippen LogP contribution in [-0.2, 0) is 0 Å². The Bertz CT molecular complexity index is 747. The molecule has 5 nitrogen and oxygen atoms in total. The average Bonchev–Trinajstić information content (AvgIpc) is 2.89. The van der Waals surface area contributed by atoms with Crippen LogP contribution in [-0.4, -0.2) is 20.1 Å². The maximum atomic E-state index is 5.31. The van der Waals surface area contributed by atoms with Gasteiger partial charge in [-0.05, 0) is 20.8 Å². The van der Waals surface area contributed by atoms with E-state index in [-0.39, 0.29) is 0 Å². The Morgan fingerprint density at radius 1 is 0.950 bits per heavy atom. The molecule has 0 unspecified atom stereocenters. The highest BCUT2D eigenvalue weighted by Gasteiger charge is 2.13. The third-order valence-electron chi connectivity index (χ3n) is 3.07. The Balaban J connectivity index is 1.99. The summed E-state index contributed by atoms with van der Waals surface area (Å²) in [6.07, 6.45) is 1.71. The summed E-state index contributed by atoms with van der Waals surface area (Å²) >= 11 is 0. The van der Waals surface area contributed by atoms with Crippen molar-refractivity contribution >= 4 is 0 Å². The lowest BCUT2D eigenvalue weighted by Crippen LogP contribution is -1.94. The first kappa shape index (κ1) is 12.5. The van der Waals surface area contributed by atoms with Crippen molar-refractivity contribution in [1.82, 2.24) is 20.1 Å². The number of aromatic nitrogens is 4. The second-order valence-corrected chi connectivity index (χ2v) is 4.71. The summed E-state index contributed by atoms with van der Waals surface area (Å²) in [5.41, 5.74) is 3.72. The Hall–Kier alpha value is -2.56. The Kier molecular flexibility index (Phi) is 3.02. The van der Waals surface area contributed by atoms with E-state index in [1.54, 1.807) is 6.20 Å². The van der Waals surface area contributed by atoms with Gasteiger partial charge in [-0.3, -0.25) is 0 Å². The molecule has 0 saturated heterocycles. The lowest BCUT2D eigenvalue weighted by molar-refractivity contribution is 0.431. The summed E-state index contributed by atoms with van der Waals surface area (Å²) in [7, 11) is 0. The maximum absolute atomic E-state index is 5.31. The molecule has 0 radical (unpaired) electrons. The molecular formula is C15H14N4O. The first-order chi connectivity index (χ1) is 9.63. The van der Waals surface area contributed by atoms with Crippen LogP contribution in [0.1, 0.15) is 17.1 Å². The SMILES string of the molecule is Cc1ccc(-c2noc(-c3cnc(C)nc3C)n2)cc1. The highest BCUT2D eigenvalue weighted by atomic mass is 16.5. The molecule has 2 heterocycles. The van der Waals surface area contributed by atoms with Crippen molar-refractivity contribution in [3.05, 3.63) is 47.5 Å². The van der Waals surface area contributed by atoms with Crippen LogP contribution in [0.3, 0.4) is 0 Å². The van der Waals surface area contributed by atoms with E-state index in [1.165, 1.54) is 5.56 Å². The molecule has 0 bridgehead atoms. The van der Waals surface area contributed by atoms with Crippen molar-refractivity contribution in [2.24, 2.45) is 0 Å². The summed E-state index contributed by atoms with van der Waals surface area (Å²) < 4.78 is 5.31. The molecule has 3 rings (SSSR count). The summed E-state index contributed by atoms with van der Waals surface area (Å²) in [5, 5.41) is 4.01. The fourth-order valence-electron chi connectivity index (χ4n) is 1.95. The minimum absolute atomic E-state index is 0.443. The van der Waals surface area contributed by atoms with Gasteiger partial charge in [-0.15, -0.1) is 0 Å². The van der Waals surface area contributed by atoms with Gasteiger partial charge in [-0.1, -0.05) is 35.0 Å². The van der Waals surface area contributed by atoms with Gasteiger partial charge in [-0.25, -0.2) is 9.97 Å². The molecule has 0 aliphatic carbocycles. The first-order valence-electron chi connectivity index (χ1n) is 6.35. The van der Waals surface area contributed by atoms with Crippen LogP contribution in [0.25, 0.3) is 22.8 Å². The Labute approximate surface area is 116 Å². The maximum Gasteiger partial charge on any atom is 0.261 e. The molecule has 0 aliphatic heterocycles. The normalized spacial score (nSPS) is 10.8. The summed E-state index contributed by atoms with van der Waals surface area (Å²) in [6, 6.07) is 7.99. The third kappa shape index (κ3) is 2.30. The van der Waals surface area contributed by atoms with Gasteiger partial charge >= 0.3 is 0 Å². The van der Waals surface area contributed by atoms with Gasteiger partial charge in [0.05, 0.1) is 11.3 Å². The molecule has 3 aromatic rings. The minimum Gasteiger partial charge on any atom is -0.333 e. The third-order valence-corrected chi connectivity index (χ3v) is 3.07. The molecule has 0 aliphatic rings. The van der Waals surface area contributed by atoms with Crippen molar-refractivity contribution < 1.29 is 4.52 Å². The van der Waals surface area contributed by atoms with E-state index in [0.717, 1.165) is 22.6 Å². The van der Waals surface area contributed by atoms with Crippen LogP contribution in [0.5, 0.6) is 0 Å². The number of nitrogens with zero attached hydrogens (tertiary/aromatic N) is 4. The van der Waals surface area contributed by atoms with E-state index in [1.807, 2.05) is 45.0 Å². The standard InChI is InChI=1S/C15H14N4O/c1-9-4-6-12(7-5-9)14-18-15(20-19-14)13-8-16-11(3)17-10(13)2/h4-8H,1-3H3. The highest BCUT2D eigenvalue weighted by molar-refractivity contribution is 5.60. The van der Waals surface area contributed by atoms with E-state index in [4.69, 9.17) is 4.52 Å². The fraction of sp³-hybridized carbons (Fsp3) is 0.200. The zero-order valence-corrected chi connectivity index (χ0v) is 11.6. The van der Waals surface area contributed by atoms with Gasteiger partial charge in [0.1, 0.15) is 5.82 Å². The molecule has 2 aromatic heterocycles. The van der Waals surface area contributed by atoms with Crippen molar-refractivity contribution in [3.8, 4) is 22.8 Å². The predicted molar refractivity (Wildman–Crippen MR) is 75.0 cm³/mol. The van der Waals surface area contributed by atoms with Crippen LogP contribution in [0, 0.1) is 20.8 Å². The van der Waals surface area contributed by atoms with E-state index in [9.17, 15) is 0 Å². The van der Waals surface area contributed by atoms with Gasteiger partial charge in [0.2, 0.25) is 5.82 Å². The van der Waals surface area contributed by atoms with Gasteiger partial charge < -0.3 is 4.52 Å². The Morgan fingerprint density at radius 3 is 2.40 bits per heavy atom. The monoisotopic (exact) mass is 266 g/mol. The number of hydrogen-bond acceptors (Lipinski definition) is 5. The summed E-state index contributed by atoms with van der Waals surface area (Å²) in [6.45, 7) is 5.79. The number of hydrogen-bond donors (Lipinski definition) is 0. The molecular weight excluding hydrogens is 252 g/mol. The molecule has 0 amide bonds. The number of benzene rings is 1. The average molecular weight is 266 g/mol. The topological polar surface area (TPSA) is 64.7 Å². The first-order valence-corrected chi connectivity index (χ1v) is 6.35. The van der Waals surface area contributed by atoms with Gasteiger partial charge in [0.15, 0.2) is 0 Å². The minimum atomic E-state index is 0.443. The second kappa shape index (κ2) is 4.85. The zero-order valence-electron chi connectivity index (χ0n) is 11.6. The quantitative estimate of drug-likeness (QED) is 0.713. The van der Waals surface area contributed by atoms with E-state index < -0.39 is 0 Å². The Morgan fingerprint density at radius 2 is 1.70 bits per heavy atom. The van der Waals surface area contributed by atoms with Gasteiger partial charge in [-0.2, -0.15) is 4.98 Å². The largest absolute Gasteiger partial charge is 0.333 e. The van der Waals surface area contributed by atoms with Crippen molar-refractivity contribution in [2.75, 3.05) is 0 Å². The lowest BCUT2D eigenvalue weighted by atomic mass is 10.1. The van der Waals surface area contributed by atoms with Crippen LogP contribution in [0.2, 0.25) is 0 Å². The molecule has 0 spiro atoms. The fourth-order valence-corrected chi connectivity index (χ4v) is 1.95. The second-order valence-electron chi connectivity index (χ2n) is 4.71. The summed E-state index contributed by atoms with van der Waals surface area (Å²) in [4.78, 5) is 12.9.